The van der Waals surface area contributed by atoms with Gasteiger partial charge in [-0.1, -0.05) is 13.8 Å². The number of nitrogens with one attached hydrogen (secondary N) is 2. The zero-order valence-corrected chi connectivity index (χ0v) is 9.03. The van der Waals surface area contributed by atoms with Gasteiger partial charge in [-0.05, 0) is 12.2 Å². The Hall–Kier alpha value is -1.17. The van der Waals surface area contributed by atoms with Crippen LogP contribution >= 0.6 is 12.2 Å². The summed E-state index contributed by atoms with van der Waals surface area (Å²) in [6, 6.07) is 0. The third-order valence-corrected chi connectivity index (χ3v) is 1.48. The fourth-order valence-corrected chi connectivity index (χ4v) is 1.02. The van der Waals surface area contributed by atoms with Crippen LogP contribution in [-0.4, -0.2) is 27.7 Å². The molecule has 0 fully saturated rings. The Morgan fingerprint density at radius 1 is 1.62 bits per heavy atom. The van der Waals surface area contributed by atoms with Gasteiger partial charge in [-0.15, -0.1) is 5.10 Å². The highest BCUT2D eigenvalue weighted by molar-refractivity contribution is 7.71. The normalized spacial score (nSPS) is 8.62. The van der Waals surface area contributed by atoms with Crippen LogP contribution in [0.1, 0.15) is 25.6 Å². The molecule has 0 aliphatic rings. The minimum absolute atomic E-state index is 0.159. The molecule has 0 unspecified atom stereocenters. The maximum absolute atomic E-state index is 10.9. The van der Waals surface area contributed by atoms with Crippen LogP contribution < -0.4 is 5.32 Å². The first-order valence-corrected chi connectivity index (χ1v) is 4.43. The number of carbonyl (C=O) groups excluding carboxylic acids is 1. The van der Waals surface area contributed by atoms with Gasteiger partial charge in [0.05, 0.1) is 0 Å². The quantitative estimate of drug-likeness (QED) is 0.680. The van der Waals surface area contributed by atoms with E-state index in [-0.39, 0.29) is 5.91 Å². The lowest BCUT2D eigenvalue weighted by Crippen LogP contribution is -2.09. The zero-order chi connectivity index (χ0) is 10.4. The van der Waals surface area contributed by atoms with Gasteiger partial charge in [0, 0.05) is 14.0 Å². The predicted molar refractivity (Wildman–Crippen MR) is 54.6 cm³/mol. The maximum Gasteiger partial charge on any atom is 0.232 e. The van der Waals surface area contributed by atoms with Gasteiger partial charge in [0.2, 0.25) is 16.6 Å². The Kier molecular flexibility index (Phi) is 4.98. The van der Waals surface area contributed by atoms with E-state index in [1.165, 1.54) is 11.5 Å². The molecule has 0 atom stereocenters. The molecule has 0 aromatic carbocycles. The van der Waals surface area contributed by atoms with Gasteiger partial charge in [-0.2, -0.15) is 0 Å². The Morgan fingerprint density at radius 2 is 2.15 bits per heavy atom. The molecule has 0 saturated carbocycles. The maximum atomic E-state index is 10.9. The number of anilines is 1. The lowest BCUT2D eigenvalue weighted by Gasteiger charge is -1.98. The smallest absolute Gasteiger partial charge is 0.232 e. The van der Waals surface area contributed by atoms with E-state index in [0.29, 0.717) is 10.7 Å². The molecule has 0 aliphatic heterocycles. The Morgan fingerprint density at radius 3 is 2.46 bits per heavy atom. The zero-order valence-electron chi connectivity index (χ0n) is 8.21. The van der Waals surface area contributed by atoms with Crippen molar-refractivity contribution in [3.8, 4) is 0 Å². The van der Waals surface area contributed by atoms with Crippen LogP contribution in [0.4, 0.5) is 5.95 Å². The summed E-state index contributed by atoms with van der Waals surface area (Å²) in [7, 11) is 1.67. The van der Waals surface area contributed by atoms with Gasteiger partial charge in [0.25, 0.3) is 0 Å². The first-order chi connectivity index (χ1) is 6.16. The van der Waals surface area contributed by atoms with Crippen molar-refractivity contribution >= 4 is 24.1 Å². The van der Waals surface area contributed by atoms with Gasteiger partial charge in [-0.3, -0.25) is 4.79 Å². The van der Waals surface area contributed by atoms with Crippen molar-refractivity contribution in [2.24, 2.45) is 0 Å². The number of hydrogen-bond acceptors (Lipinski definition) is 4. The van der Waals surface area contributed by atoms with E-state index in [1.807, 2.05) is 13.8 Å². The monoisotopic (exact) mass is 202 g/mol. The minimum atomic E-state index is -0.159. The van der Waals surface area contributed by atoms with Crippen LogP contribution in [0.15, 0.2) is 0 Å². The van der Waals surface area contributed by atoms with Crippen LogP contribution in [0, 0.1) is 4.77 Å². The summed E-state index contributed by atoms with van der Waals surface area (Å²) < 4.78 is 1.59. The highest BCUT2D eigenvalue weighted by atomic mass is 32.1. The van der Waals surface area contributed by atoms with Crippen LogP contribution in [0.25, 0.3) is 0 Å². The highest BCUT2D eigenvalue weighted by Gasteiger charge is 2.06. The number of H-pyrrole nitrogens is 1. The summed E-state index contributed by atoms with van der Waals surface area (Å²) in [5, 5.41) is 9.00. The summed E-state index contributed by atoms with van der Waals surface area (Å²) in [5.41, 5.74) is 0. The van der Waals surface area contributed by atoms with E-state index >= 15 is 0 Å². The molecule has 13 heavy (non-hydrogen) atoms. The van der Waals surface area contributed by atoms with Crippen molar-refractivity contribution in [2.45, 2.75) is 20.8 Å². The molecule has 1 heterocycles. The molecule has 0 spiro atoms. The SMILES string of the molecule is CC.CNc1n[nH]c(=S)n1C(C)=O. The summed E-state index contributed by atoms with van der Waals surface area (Å²) in [4.78, 5) is 10.9. The molecule has 0 bridgehead atoms. The highest BCUT2D eigenvalue weighted by Crippen LogP contribution is 2.01. The van der Waals surface area contributed by atoms with Crippen LogP contribution in [-0.2, 0) is 0 Å². The van der Waals surface area contributed by atoms with Crippen molar-refractivity contribution in [3.05, 3.63) is 4.77 Å². The molecule has 0 radical (unpaired) electrons. The Balaban J connectivity index is 0.000000671. The second-order valence-corrected chi connectivity index (χ2v) is 2.34. The average Bonchev–Trinajstić information content (AvgIpc) is 2.50. The number of carbonyl (C=O) groups is 1. The molecule has 0 saturated heterocycles. The molecule has 0 amide bonds. The van der Waals surface area contributed by atoms with Crippen molar-refractivity contribution in [1.29, 1.82) is 0 Å². The number of aromatic amines is 1. The molecule has 1 rings (SSSR count). The largest absolute Gasteiger partial charge is 0.357 e. The van der Waals surface area contributed by atoms with E-state index in [4.69, 9.17) is 12.2 Å². The van der Waals surface area contributed by atoms with Gasteiger partial charge in [0.1, 0.15) is 0 Å². The standard InChI is InChI=1S/C5H8N4OS.C2H6/c1-3(10)9-4(6-2)7-8-5(9)11;1-2/h1-2H3,(H,6,7)(H,8,11);1-2H3. The third kappa shape index (κ3) is 2.66. The van der Waals surface area contributed by atoms with Gasteiger partial charge in [-0.25, -0.2) is 9.67 Å². The number of aromatic nitrogens is 3. The van der Waals surface area contributed by atoms with E-state index in [2.05, 4.69) is 15.5 Å². The van der Waals surface area contributed by atoms with Gasteiger partial charge < -0.3 is 5.32 Å². The fourth-order valence-electron chi connectivity index (χ4n) is 0.757. The van der Waals surface area contributed by atoms with Crippen LogP contribution in [0.3, 0.4) is 0 Å². The molecule has 1 aromatic rings. The predicted octanol–water partition coefficient (Wildman–Crippen LogP) is 1.67. The molecule has 5 nitrogen and oxygen atoms in total. The second kappa shape index (κ2) is 5.47. The Labute approximate surface area is 82.2 Å². The van der Waals surface area contributed by atoms with E-state index in [1.54, 1.807) is 7.05 Å². The average molecular weight is 202 g/mol. The van der Waals surface area contributed by atoms with Crippen LogP contribution in [0.2, 0.25) is 0 Å². The van der Waals surface area contributed by atoms with Gasteiger partial charge >= 0.3 is 0 Å². The number of nitrogens with zero attached hydrogens (tertiary/aromatic N) is 2. The molecule has 2 N–H and O–H groups in total. The first-order valence-electron chi connectivity index (χ1n) is 4.03. The number of hydrogen-bond donors (Lipinski definition) is 2. The molecular weight excluding hydrogens is 188 g/mol. The van der Waals surface area contributed by atoms with Crippen molar-refractivity contribution in [3.63, 3.8) is 0 Å². The van der Waals surface area contributed by atoms with E-state index in [9.17, 15) is 4.79 Å². The number of rotatable bonds is 1. The fraction of sp³-hybridized carbons (Fsp3) is 0.571. The summed E-state index contributed by atoms with van der Waals surface area (Å²) in [6.07, 6.45) is 0. The lowest BCUT2D eigenvalue weighted by atomic mass is 10.7. The van der Waals surface area contributed by atoms with Crippen molar-refractivity contribution in [2.75, 3.05) is 12.4 Å². The molecule has 6 heteroatoms. The third-order valence-electron chi connectivity index (χ3n) is 1.21. The Bertz CT molecular complexity index is 327. The molecular formula is C7H14N4OS. The molecule has 1 aromatic heterocycles. The summed E-state index contributed by atoms with van der Waals surface area (Å²) >= 11 is 4.80. The van der Waals surface area contributed by atoms with Crippen LogP contribution in [0.5, 0.6) is 0 Å². The summed E-state index contributed by atoms with van der Waals surface area (Å²) in [6.45, 7) is 5.42. The van der Waals surface area contributed by atoms with E-state index < -0.39 is 0 Å². The topological polar surface area (TPSA) is 62.7 Å². The first kappa shape index (κ1) is 11.8. The lowest BCUT2D eigenvalue weighted by molar-refractivity contribution is 0.0937. The minimum Gasteiger partial charge on any atom is -0.357 e. The van der Waals surface area contributed by atoms with Crippen molar-refractivity contribution in [1.82, 2.24) is 14.8 Å². The molecule has 74 valence electrons. The summed E-state index contributed by atoms with van der Waals surface area (Å²) in [5.74, 6) is 0.274. The molecule has 0 aliphatic carbocycles. The van der Waals surface area contributed by atoms with Crippen molar-refractivity contribution < 1.29 is 4.79 Å². The van der Waals surface area contributed by atoms with E-state index in [0.717, 1.165) is 0 Å². The second-order valence-electron chi connectivity index (χ2n) is 1.96. The van der Waals surface area contributed by atoms with Gasteiger partial charge in [0.15, 0.2) is 0 Å².